The normalized spacial score (nSPS) is 11.6. The van der Waals surface area contributed by atoms with Crippen LogP contribution in [0.15, 0.2) is 18.2 Å². The molecular weight excluding hydrogens is 241 g/mol. The summed E-state index contributed by atoms with van der Waals surface area (Å²) in [5.74, 6) is 0.0691. The SMILES string of the molecule is CC(C)(C)NCCCOc1ccc(Cl)c(F)c1. The van der Waals surface area contributed by atoms with Crippen molar-refractivity contribution >= 4 is 11.6 Å². The standard InChI is InChI=1S/C13H19ClFNO/c1-13(2,3)16-7-4-8-17-10-5-6-11(14)12(15)9-10/h5-6,9,16H,4,7-8H2,1-3H3. The first-order valence-electron chi connectivity index (χ1n) is 5.71. The topological polar surface area (TPSA) is 21.3 Å². The number of benzene rings is 1. The first-order chi connectivity index (χ1) is 7.88. The van der Waals surface area contributed by atoms with E-state index in [-0.39, 0.29) is 10.6 Å². The van der Waals surface area contributed by atoms with Crippen LogP contribution < -0.4 is 10.1 Å². The third-order valence-electron chi connectivity index (χ3n) is 2.14. The molecule has 0 radical (unpaired) electrons. The molecular formula is C13H19ClFNO. The van der Waals surface area contributed by atoms with Gasteiger partial charge in [0.05, 0.1) is 11.6 Å². The molecule has 0 atom stereocenters. The van der Waals surface area contributed by atoms with Crippen molar-refractivity contribution in [2.75, 3.05) is 13.2 Å². The van der Waals surface area contributed by atoms with Crippen LogP contribution in [-0.2, 0) is 0 Å². The molecule has 0 aliphatic heterocycles. The van der Waals surface area contributed by atoms with Crippen LogP contribution in [-0.4, -0.2) is 18.7 Å². The highest BCUT2D eigenvalue weighted by molar-refractivity contribution is 6.30. The molecule has 0 fully saturated rings. The molecule has 0 aliphatic rings. The van der Waals surface area contributed by atoms with Crippen molar-refractivity contribution in [3.8, 4) is 5.75 Å². The predicted molar refractivity (Wildman–Crippen MR) is 69.3 cm³/mol. The van der Waals surface area contributed by atoms with Gasteiger partial charge in [-0.05, 0) is 45.9 Å². The summed E-state index contributed by atoms with van der Waals surface area (Å²) < 4.78 is 18.5. The average Bonchev–Trinajstić information content (AvgIpc) is 2.21. The monoisotopic (exact) mass is 259 g/mol. The average molecular weight is 260 g/mol. The molecule has 2 nitrogen and oxygen atoms in total. The Morgan fingerprint density at radius 1 is 1.35 bits per heavy atom. The van der Waals surface area contributed by atoms with Gasteiger partial charge < -0.3 is 10.1 Å². The fourth-order valence-electron chi connectivity index (χ4n) is 1.29. The summed E-state index contributed by atoms with van der Waals surface area (Å²) >= 11 is 5.57. The number of hydrogen-bond acceptors (Lipinski definition) is 2. The van der Waals surface area contributed by atoms with Crippen LogP contribution in [0.1, 0.15) is 27.2 Å². The lowest BCUT2D eigenvalue weighted by atomic mass is 10.1. The highest BCUT2D eigenvalue weighted by atomic mass is 35.5. The summed E-state index contributed by atoms with van der Waals surface area (Å²) in [6, 6.07) is 4.47. The van der Waals surface area contributed by atoms with Crippen LogP contribution in [0.4, 0.5) is 4.39 Å². The van der Waals surface area contributed by atoms with Gasteiger partial charge in [-0.3, -0.25) is 0 Å². The lowest BCUT2D eigenvalue weighted by molar-refractivity contribution is 0.297. The molecule has 0 amide bonds. The lowest BCUT2D eigenvalue weighted by Gasteiger charge is -2.20. The highest BCUT2D eigenvalue weighted by Gasteiger charge is 2.07. The van der Waals surface area contributed by atoms with E-state index in [1.54, 1.807) is 6.07 Å². The Kier molecular flexibility index (Phi) is 5.22. The van der Waals surface area contributed by atoms with Gasteiger partial charge in [0.25, 0.3) is 0 Å². The maximum Gasteiger partial charge on any atom is 0.145 e. The van der Waals surface area contributed by atoms with Crippen LogP contribution in [0.5, 0.6) is 5.75 Å². The van der Waals surface area contributed by atoms with E-state index in [9.17, 15) is 4.39 Å². The van der Waals surface area contributed by atoms with Crippen molar-refractivity contribution in [3.05, 3.63) is 29.0 Å². The van der Waals surface area contributed by atoms with Crippen molar-refractivity contribution in [1.29, 1.82) is 0 Å². The summed E-state index contributed by atoms with van der Waals surface area (Å²) in [5, 5.41) is 3.47. The Morgan fingerprint density at radius 3 is 2.65 bits per heavy atom. The van der Waals surface area contributed by atoms with E-state index in [4.69, 9.17) is 16.3 Å². The molecule has 0 aliphatic carbocycles. The Balaban J connectivity index is 2.25. The zero-order valence-electron chi connectivity index (χ0n) is 10.5. The predicted octanol–water partition coefficient (Wildman–Crippen LogP) is 3.64. The van der Waals surface area contributed by atoms with Crippen LogP contribution in [0, 0.1) is 5.82 Å². The third-order valence-corrected chi connectivity index (χ3v) is 2.44. The molecule has 96 valence electrons. The number of rotatable bonds is 5. The summed E-state index contributed by atoms with van der Waals surface area (Å²) in [4.78, 5) is 0. The lowest BCUT2D eigenvalue weighted by Crippen LogP contribution is -2.36. The van der Waals surface area contributed by atoms with Crippen LogP contribution in [0.2, 0.25) is 5.02 Å². The Hall–Kier alpha value is -0.800. The zero-order chi connectivity index (χ0) is 12.9. The Labute approximate surface area is 107 Å². The molecule has 1 N–H and O–H groups in total. The number of nitrogens with one attached hydrogen (secondary N) is 1. The van der Waals surface area contributed by atoms with Gasteiger partial charge in [0.2, 0.25) is 0 Å². The first kappa shape index (κ1) is 14.3. The second-order valence-electron chi connectivity index (χ2n) is 4.95. The van der Waals surface area contributed by atoms with Gasteiger partial charge >= 0.3 is 0 Å². The van der Waals surface area contributed by atoms with Crippen molar-refractivity contribution in [2.45, 2.75) is 32.7 Å². The minimum absolute atomic E-state index is 0.117. The minimum Gasteiger partial charge on any atom is -0.493 e. The Bertz CT molecular complexity index is 363. The van der Waals surface area contributed by atoms with E-state index >= 15 is 0 Å². The van der Waals surface area contributed by atoms with Crippen molar-refractivity contribution in [3.63, 3.8) is 0 Å². The van der Waals surface area contributed by atoms with Crippen LogP contribution >= 0.6 is 11.6 Å². The van der Waals surface area contributed by atoms with Crippen molar-refractivity contribution < 1.29 is 9.13 Å². The fraction of sp³-hybridized carbons (Fsp3) is 0.538. The van der Waals surface area contributed by atoms with E-state index in [1.165, 1.54) is 12.1 Å². The zero-order valence-corrected chi connectivity index (χ0v) is 11.3. The molecule has 4 heteroatoms. The number of hydrogen-bond donors (Lipinski definition) is 1. The van der Waals surface area contributed by atoms with E-state index in [1.807, 2.05) is 0 Å². The third kappa shape index (κ3) is 5.89. The van der Waals surface area contributed by atoms with Crippen molar-refractivity contribution in [1.82, 2.24) is 5.32 Å². The second kappa shape index (κ2) is 6.22. The summed E-state index contributed by atoms with van der Waals surface area (Å²) in [5.41, 5.74) is 0.117. The summed E-state index contributed by atoms with van der Waals surface area (Å²) in [6.07, 6.45) is 0.877. The van der Waals surface area contributed by atoms with Gasteiger partial charge in [-0.1, -0.05) is 11.6 Å². The van der Waals surface area contributed by atoms with E-state index in [0.717, 1.165) is 13.0 Å². The van der Waals surface area contributed by atoms with E-state index in [0.29, 0.717) is 12.4 Å². The van der Waals surface area contributed by atoms with Gasteiger partial charge in [0, 0.05) is 11.6 Å². The van der Waals surface area contributed by atoms with Gasteiger partial charge in [-0.2, -0.15) is 0 Å². The minimum atomic E-state index is -0.447. The number of ether oxygens (including phenoxy) is 1. The molecule has 0 aromatic heterocycles. The molecule has 17 heavy (non-hydrogen) atoms. The smallest absolute Gasteiger partial charge is 0.145 e. The van der Waals surface area contributed by atoms with Gasteiger partial charge in [-0.25, -0.2) is 4.39 Å². The molecule has 0 heterocycles. The highest BCUT2D eigenvalue weighted by Crippen LogP contribution is 2.20. The first-order valence-corrected chi connectivity index (χ1v) is 6.09. The van der Waals surface area contributed by atoms with Gasteiger partial charge in [-0.15, -0.1) is 0 Å². The molecule has 0 saturated heterocycles. The largest absolute Gasteiger partial charge is 0.493 e. The van der Waals surface area contributed by atoms with Gasteiger partial charge in [0.1, 0.15) is 11.6 Å². The maximum atomic E-state index is 13.1. The van der Waals surface area contributed by atoms with Crippen LogP contribution in [0.3, 0.4) is 0 Å². The number of halogens is 2. The molecule has 1 aromatic carbocycles. The van der Waals surface area contributed by atoms with Crippen molar-refractivity contribution in [2.24, 2.45) is 0 Å². The fourth-order valence-corrected chi connectivity index (χ4v) is 1.41. The van der Waals surface area contributed by atoms with E-state index < -0.39 is 5.82 Å². The summed E-state index contributed by atoms with van der Waals surface area (Å²) in [7, 11) is 0. The van der Waals surface area contributed by atoms with Gasteiger partial charge in [0.15, 0.2) is 0 Å². The maximum absolute atomic E-state index is 13.1. The van der Waals surface area contributed by atoms with Crippen LogP contribution in [0.25, 0.3) is 0 Å². The molecule has 1 aromatic rings. The molecule has 0 saturated carbocycles. The molecule has 0 spiro atoms. The molecule has 1 rings (SSSR count). The molecule has 0 bridgehead atoms. The quantitative estimate of drug-likeness (QED) is 0.816. The van der Waals surface area contributed by atoms with E-state index in [2.05, 4.69) is 26.1 Å². The molecule has 0 unspecified atom stereocenters. The summed E-state index contributed by atoms with van der Waals surface area (Å²) in [6.45, 7) is 7.77. The Morgan fingerprint density at radius 2 is 2.06 bits per heavy atom. The second-order valence-corrected chi connectivity index (χ2v) is 5.36.